The zero-order valence-corrected chi connectivity index (χ0v) is 16.0. The molecule has 0 aromatic rings. The van der Waals surface area contributed by atoms with Crippen molar-refractivity contribution in [3.05, 3.63) is 0 Å². The molecule has 148 valence electrons. The minimum atomic E-state index is 0.571. The molecule has 0 saturated carbocycles. The molecule has 0 spiro atoms. The molecule has 1 rings (SSSR count). The molecule has 0 N–H and O–H groups in total. The van der Waals surface area contributed by atoms with Crippen LogP contribution in [0.25, 0.3) is 0 Å². The molecule has 0 amide bonds. The minimum Gasteiger partial charge on any atom is -0.380 e. The normalized spacial score (nSPS) is 21.2. The van der Waals surface area contributed by atoms with Gasteiger partial charge >= 0.3 is 0 Å². The maximum absolute atomic E-state index is 5.73. The van der Waals surface area contributed by atoms with Crippen molar-refractivity contribution < 1.29 is 18.9 Å². The third-order valence-corrected chi connectivity index (χ3v) is 4.02. The SMILES string of the molecule is C#CCCN1CCOCCCOCN(CCC#C)CCOCCOCC1. The van der Waals surface area contributed by atoms with Crippen LogP contribution >= 0.6 is 0 Å². The highest BCUT2D eigenvalue weighted by Gasteiger charge is 2.06. The van der Waals surface area contributed by atoms with Crippen molar-refractivity contribution in [2.24, 2.45) is 0 Å². The van der Waals surface area contributed by atoms with Gasteiger partial charge in [-0.3, -0.25) is 9.80 Å². The Kier molecular flexibility index (Phi) is 15.3. The quantitative estimate of drug-likeness (QED) is 0.694. The summed E-state index contributed by atoms with van der Waals surface area (Å²) in [5, 5.41) is 0. The van der Waals surface area contributed by atoms with Crippen LogP contribution in [0.4, 0.5) is 0 Å². The molecule has 0 aliphatic carbocycles. The molecule has 1 aliphatic heterocycles. The Hall–Kier alpha value is -1.12. The molecule has 6 nitrogen and oxygen atoms in total. The second-order valence-electron chi connectivity index (χ2n) is 6.10. The summed E-state index contributed by atoms with van der Waals surface area (Å²) in [5.74, 6) is 5.36. The van der Waals surface area contributed by atoms with Gasteiger partial charge in [0.1, 0.15) is 0 Å². The van der Waals surface area contributed by atoms with Gasteiger partial charge in [-0.05, 0) is 6.42 Å². The van der Waals surface area contributed by atoms with Gasteiger partial charge in [0, 0.05) is 52.2 Å². The Morgan fingerprint density at radius 1 is 0.615 bits per heavy atom. The van der Waals surface area contributed by atoms with E-state index in [1.165, 1.54) is 0 Å². The van der Waals surface area contributed by atoms with Crippen LogP contribution in [0.2, 0.25) is 0 Å². The van der Waals surface area contributed by atoms with E-state index >= 15 is 0 Å². The smallest absolute Gasteiger partial charge is 0.0991 e. The summed E-state index contributed by atoms with van der Waals surface area (Å²) < 4.78 is 22.7. The first kappa shape index (κ1) is 22.9. The lowest BCUT2D eigenvalue weighted by atomic mass is 10.4. The Bertz CT molecular complexity index is 348. The molecular formula is C20H34N2O4. The first-order valence-corrected chi connectivity index (χ1v) is 9.49. The van der Waals surface area contributed by atoms with E-state index in [0.29, 0.717) is 59.4 Å². The van der Waals surface area contributed by atoms with Gasteiger partial charge in [-0.1, -0.05) is 0 Å². The molecule has 0 unspecified atom stereocenters. The van der Waals surface area contributed by atoms with Gasteiger partial charge in [0.2, 0.25) is 0 Å². The summed E-state index contributed by atoms with van der Waals surface area (Å²) in [6.45, 7) is 9.38. The van der Waals surface area contributed by atoms with Crippen LogP contribution in [0.5, 0.6) is 0 Å². The summed E-state index contributed by atoms with van der Waals surface area (Å²) >= 11 is 0. The Morgan fingerprint density at radius 3 is 1.73 bits per heavy atom. The van der Waals surface area contributed by atoms with Gasteiger partial charge in [0.15, 0.2) is 0 Å². The maximum Gasteiger partial charge on any atom is 0.0991 e. The molecule has 0 radical (unpaired) electrons. The number of hydrogen-bond donors (Lipinski definition) is 0. The van der Waals surface area contributed by atoms with Crippen molar-refractivity contribution in [2.75, 3.05) is 85.7 Å². The highest BCUT2D eigenvalue weighted by molar-refractivity contribution is 4.85. The average Bonchev–Trinajstić information content (AvgIpc) is 2.65. The Balaban J connectivity index is 2.34. The van der Waals surface area contributed by atoms with Gasteiger partial charge in [0.05, 0.1) is 46.4 Å². The topological polar surface area (TPSA) is 43.4 Å². The van der Waals surface area contributed by atoms with Crippen molar-refractivity contribution in [1.82, 2.24) is 9.80 Å². The van der Waals surface area contributed by atoms with E-state index in [2.05, 4.69) is 21.6 Å². The van der Waals surface area contributed by atoms with Crippen LogP contribution in [-0.4, -0.2) is 95.5 Å². The number of rotatable bonds is 4. The summed E-state index contributed by atoms with van der Waals surface area (Å²) in [4.78, 5) is 4.46. The van der Waals surface area contributed by atoms with Gasteiger partial charge in [-0.15, -0.1) is 24.7 Å². The lowest BCUT2D eigenvalue weighted by Crippen LogP contribution is -2.33. The second-order valence-corrected chi connectivity index (χ2v) is 6.10. The molecule has 0 bridgehead atoms. The molecule has 26 heavy (non-hydrogen) atoms. The van der Waals surface area contributed by atoms with E-state index in [4.69, 9.17) is 31.8 Å². The Labute approximate surface area is 159 Å². The highest BCUT2D eigenvalue weighted by Crippen LogP contribution is 1.97. The Morgan fingerprint density at radius 2 is 1.12 bits per heavy atom. The third-order valence-electron chi connectivity index (χ3n) is 4.02. The summed E-state index contributed by atoms with van der Waals surface area (Å²) in [6.07, 6.45) is 13.1. The molecule has 1 aliphatic rings. The third kappa shape index (κ3) is 13.1. The van der Waals surface area contributed by atoms with Crippen LogP contribution in [0.1, 0.15) is 19.3 Å². The second kappa shape index (κ2) is 17.3. The lowest BCUT2D eigenvalue weighted by molar-refractivity contribution is -0.0110. The summed E-state index contributed by atoms with van der Waals surface area (Å²) in [7, 11) is 0. The predicted octanol–water partition coefficient (Wildman–Crippen LogP) is 1.06. The number of hydrogen-bond acceptors (Lipinski definition) is 6. The molecule has 0 atom stereocenters. The predicted molar refractivity (Wildman–Crippen MR) is 103 cm³/mol. The molecule has 1 heterocycles. The molecule has 0 aromatic carbocycles. The van der Waals surface area contributed by atoms with Crippen LogP contribution in [-0.2, 0) is 18.9 Å². The zero-order valence-electron chi connectivity index (χ0n) is 16.0. The van der Waals surface area contributed by atoms with E-state index in [1.54, 1.807) is 0 Å². The molecule has 0 aromatic heterocycles. The maximum atomic E-state index is 5.73. The first-order chi connectivity index (χ1) is 12.9. The average molecular weight is 367 g/mol. The van der Waals surface area contributed by atoms with Gasteiger partial charge in [-0.25, -0.2) is 0 Å². The van der Waals surface area contributed by atoms with E-state index in [9.17, 15) is 0 Å². The van der Waals surface area contributed by atoms with Crippen molar-refractivity contribution >= 4 is 0 Å². The van der Waals surface area contributed by atoms with Crippen molar-refractivity contribution in [3.8, 4) is 24.7 Å². The van der Waals surface area contributed by atoms with E-state index in [-0.39, 0.29) is 0 Å². The fraction of sp³-hybridized carbons (Fsp3) is 0.800. The zero-order chi connectivity index (χ0) is 18.7. The van der Waals surface area contributed by atoms with Gasteiger partial charge in [0.25, 0.3) is 0 Å². The summed E-state index contributed by atoms with van der Waals surface area (Å²) in [5.41, 5.74) is 0. The van der Waals surface area contributed by atoms with E-state index in [1.807, 2.05) is 0 Å². The van der Waals surface area contributed by atoms with Crippen LogP contribution < -0.4 is 0 Å². The molecule has 6 heteroatoms. The summed E-state index contributed by atoms with van der Waals surface area (Å²) in [6, 6.07) is 0. The number of terminal acetylenes is 2. The standard InChI is InChI=1S/C20H34N2O4/c1-3-5-8-21-10-15-23-13-7-14-26-20-22(9-6-4-2)12-17-25-19-18-24-16-11-21/h1-2H,5-20H2. The molecular weight excluding hydrogens is 332 g/mol. The van der Waals surface area contributed by atoms with Crippen LogP contribution in [0, 0.1) is 24.7 Å². The number of ether oxygens (including phenoxy) is 4. The van der Waals surface area contributed by atoms with Crippen LogP contribution in [0.3, 0.4) is 0 Å². The van der Waals surface area contributed by atoms with Crippen LogP contribution in [0.15, 0.2) is 0 Å². The minimum absolute atomic E-state index is 0.571. The first-order valence-electron chi connectivity index (χ1n) is 9.49. The van der Waals surface area contributed by atoms with Crippen molar-refractivity contribution in [2.45, 2.75) is 19.3 Å². The largest absolute Gasteiger partial charge is 0.380 e. The fourth-order valence-corrected chi connectivity index (χ4v) is 2.48. The number of nitrogens with zero attached hydrogens (tertiary/aromatic N) is 2. The van der Waals surface area contributed by atoms with E-state index in [0.717, 1.165) is 45.6 Å². The van der Waals surface area contributed by atoms with E-state index < -0.39 is 0 Å². The monoisotopic (exact) mass is 366 g/mol. The fourth-order valence-electron chi connectivity index (χ4n) is 2.48. The van der Waals surface area contributed by atoms with Gasteiger partial charge < -0.3 is 18.9 Å². The lowest BCUT2D eigenvalue weighted by Gasteiger charge is -2.22. The molecule has 1 fully saturated rings. The highest BCUT2D eigenvalue weighted by atomic mass is 16.5. The van der Waals surface area contributed by atoms with Crippen molar-refractivity contribution in [3.63, 3.8) is 0 Å². The van der Waals surface area contributed by atoms with Crippen molar-refractivity contribution in [1.29, 1.82) is 0 Å². The molecule has 1 saturated heterocycles. The van der Waals surface area contributed by atoms with Gasteiger partial charge in [-0.2, -0.15) is 0 Å².